The average molecular weight is 132 g/mol. The van der Waals surface area contributed by atoms with Crippen LogP contribution in [0.3, 0.4) is 0 Å². The largest absolute Gasteiger partial charge is 0.392 e. The maximum absolute atomic E-state index is 10.4. The van der Waals surface area contributed by atoms with E-state index < -0.39 is 6.23 Å². The third kappa shape index (κ3) is 1.55. The molecule has 9 heavy (non-hydrogen) atoms. The molecule has 0 aromatic rings. The Bertz CT molecular complexity index is 116. The highest BCUT2D eigenvalue weighted by atomic mass is 16.5. The number of aliphatic hydroxyl groups is 1. The van der Waals surface area contributed by atoms with E-state index in [1.165, 1.54) is 0 Å². The van der Waals surface area contributed by atoms with Crippen LogP contribution < -0.4 is 10.6 Å². The number of hydrogen-bond donors (Lipinski definition) is 3. The van der Waals surface area contributed by atoms with Gasteiger partial charge >= 0.3 is 6.03 Å². The van der Waals surface area contributed by atoms with Crippen LogP contribution in [-0.4, -0.2) is 30.7 Å². The number of hydrogen-bond acceptors (Lipinski definition) is 3. The molecule has 2 amide bonds. The van der Waals surface area contributed by atoms with Gasteiger partial charge in [0.25, 0.3) is 0 Å². The van der Waals surface area contributed by atoms with Gasteiger partial charge in [0.15, 0.2) is 6.23 Å². The summed E-state index contributed by atoms with van der Waals surface area (Å²) in [6, 6.07) is -0.305. The molecule has 5 heteroatoms. The molecule has 1 atom stereocenters. The summed E-state index contributed by atoms with van der Waals surface area (Å²) >= 11 is 0. The van der Waals surface area contributed by atoms with Crippen molar-refractivity contribution in [2.24, 2.45) is 0 Å². The Hall–Kier alpha value is -0.810. The van der Waals surface area contributed by atoms with Crippen LogP contribution in [0.4, 0.5) is 4.79 Å². The molecule has 52 valence electrons. The highest BCUT2D eigenvalue weighted by Crippen LogP contribution is 1.88. The predicted octanol–water partition coefficient (Wildman–Crippen LogP) is -1.41. The number of carbonyl (C=O) groups is 1. The predicted molar refractivity (Wildman–Crippen MR) is 28.5 cm³/mol. The highest BCUT2D eigenvalue weighted by Gasteiger charge is 2.15. The van der Waals surface area contributed by atoms with Gasteiger partial charge < -0.3 is 20.5 Å². The SMILES string of the molecule is O=C1NCOC(CO)N1. The van der Waals surface area contributed by atoms with Crippen LogP contribution in [0.15, 0.2) is 0 Å². The normalized spacial score (nSPS) is 26.8. The van der Waals surface area contributed by atoms with Gasteiger partial charge in [-0.25, -0.2) is 4.79 Å². The molecule has 0 aromatic heterocycles. The Morgan fingerprint density at radius 3 is 3.11 bits per heavy atom. The number of aliphatic hydroxyl groups excluding tert-OH is 1. The number of urea groups is 1. The van der Waals surface area contributed by atoms with Gasteiger partial charge in [0.1, 0.15) is 6.73 Å². The smallest absolute Gasteiger partial charge is 0.318 e. The second kappa shape index (κ2) is 2.65. The fraction of sp³-hybridized carbons (Fsp3) is 0.750. The first kappa shape index (κ1) is 6.31. The van der Waals surface area contributed by atoms with Gasteiger partial charge in [0, 0.05) is 0 Å². The highest BCUT2D eigenvalue weighted by molar-refractivity contribution is 5.74. The molecular formula is C4H8N2O3. The molecule has 1 aliphatic heterocycles. The van der Waals surface area contributed by atoms with Crippen LogP contribution in [0, 0.1) is 0 Å². The van der Waals surface area contributed by atoms with Gasteiger partial charge in [-0.1, -0.05) is 0 Å². The van der Waals surface area contributed by atoms with E-state index in [1.807, 2.05) is 0 Å². The average Bonchev–Trinajstić information content (AvgIpc) is 1.88. The first-order chi connectivity index (χ1) is 4.33. The summed E-state index contributed by atoms with van der Waals surface area (Å²) in [6.45, 7) is -0.0233. The Morgan fingerprint density at radius 2 is 2.67 bits per heavy atom. The number of rotatable bonds is 1. The molecule has 5 nitrogen and oxygen atoms in total. The van der Waals surface area contributed by atoms with Crippen molar-refractivity contribution in [3.8, 4) is 0 Å². The topological polar surface area (TPSA) is 70.6 Å². The minimum Gasteiger partial charge on any atom is -0.392 e. The van der Waals surface area contributed by atoms with Crippen molar-refractivity contribution in [1.29, 1.82) is 0 Å². The molecule has 1 fully saturated rings. The zero-order valence-electron chi connectivity index (χ0n) is 4.76. The van der Waals surface area contributed by atoms with E-state index in [1.54, 1.807) is 0 Å². The summed E-state index contributed by atoms with van der Waals surface area (Å²) in [5, 5.41) is 13.1. The lowest BCUT2D eigenvalue weighted by molar-refractivity contribution is -0.0232. The van der Waals surface area contributed by atoms with Crippen molar-refractivity contribution in [2.45, 2.75) is 6.23 Å². The quantitative estimate of drug-likeness (QED) is 0.410. The second-order valence-electron chi connectivity index (χ2n) is 1.63. The minimum absolute atomic E-state index is 0.164. The third-order valence-corrected chi connectivity index (χ3v) is 0.975. The molecule has 1 unspecified atom stereocenters. The Balaban J connectivity index is 2.32. The third-order valence-electron chi connectivity index (χ3n) is 0.975. The molecule has 1 aliphatic rings. The standard InChI is InChI=1S/C4H8N2O3/c7-1-3-6-4(8)5-2-9-3/h3,7H,1-2H2,(H2,5,6,8). The van der Waals surface area contributed by atoms with Gasteiger partial charge in [0.05, 0.1) is 6.61 Å². The van der Waals surface area contributed by atoms with Crippen molar-refractivity contribution >= 4 is 6.03 Å². The molecule has 0 spiro atoms. The Kier molecular flexibility index (Phi) is 1.86. The van der Waals surface area contributed by atoms with E-state index in [4.69, 9.17) is 9.84 Å². The summed E-state index contributed by atoms with van der Waals surface area (Å²) in [5.74, 6) is 0. The molecule has 0 saturated carbocycles. The van der Waals surface area contributed by atoms with Gasteiger partial charge in [-0.2, -0.15) is 0 Å². The zero-order valence-corrected chi connectivity index (χ0v) is 4.76. The summed E-state index contributed by atoms with van der Waals surface area (Å²) in [7, 11) is 0. The van der Waals surface area contributed by atoms with Crippen LogP contribution in [0.5, 0.6) is 0 Å². The minimum atomic E-state index is -0.543. The van der Waals surface area contributed by atoms with Crippen LogP contribution in [-0.2, 0) is 4.74 Å². The van der Waals surface area contributed by atoms with Crippen molar-refractivity contribution < 1.29 is 14.6 Å². The second-order valence-corrected chi connectivity index (χ2v) is 1.63. The molecule has 0 radical (unpaired) electrons. The lowest BCUT2D eigenvalue weighted by Gasteiger charge is -2.22. The van der Waals surface area contributed by atoms with Gasteiger partial charge in [-0.3, -0.25) is 0 Å². The molecule has 0 aromatic carbocycles. The van der Waals surface area contributed by atoms with Crippen LogP contribution in [0.25, 0.3) is 0 Å². The number of carbonyl (C=O) groups excluding carboxylic acids is 1. The van der Waals surface area contributed by atoms with E-state index in [0.29, 0.717) is 0 Å². The van der Waals surface area contributed by atoms with E-state index in [-0.39, 0.29) is 19.4 Å². The van der Waals surface area contributed by atoms with Crippen LogP contribution in [0.1, 0.15) is 0 Å². The summed E-state index contributed by atoms with van der Waals surface area (Å²) in [4.78, 5) is 10.4. The van der Waals surface area contributed by atoms with Gasteiger partial charge in [-0.15, -0.1) is 0 Å². The van der Waals surface area contributed by atoms with E-state index in [9.17, 15) is 4.79 Å². The zero-order chi connectivity index (χ0) is 6.69. The van der Waals surface area contributed by atoms with E-state index in [0.717, 1.165) is 0 Å². The maximum Gasteiger partial charge on any atom is 0.318 e. The fourth-order valence-electron chi connectivity index (χ4n) is 0.545. The molecule has 1 heterocycles. The van der Waals surface area contributed by atoms with E-state index >= 15 is 0 Å². The lowest BCUT2D eigenvalue weighted by atomic mass is 10.6. The summed E-state index contributed by atoms with van der Waals surface area (Å²) in [6.07, 6.45) is -0.543. The number of ether oxygens (including phenoxy) is 1. The lowest BCUT2D eigenvalue weighted by Crippen LogP contribution is -2.52. The van der Waals surface area contributed by atoms with Crippen molar-refractivity contribution in [3.63, 3.8) is 0 Å². The van der Waals surface area contributed by atoms with Crippen LogP contribution in [0.2, 0.25) is 0 Å². The summed E-state index contributed by atoms with van der Waals surface area (Å²) in [5.41, 5.74) is 0. The summed E-state index contributed by atoms with van der Waals surface area (Å²) < 4.78 is 4.80. The Morgan fingerprint density at radius 1 is 1.89 bits per heavy atom. The van der Waals surface area contributed by atoms with Crippen molar-refractivity contribution in [3.05, 3.63) is 0 Å². The molecule has 1 rings (SSSR count). The van der Waals surface area contributed by atoms with Crippen molar-refractivity contribution in [1.82, 2.24) is 10.6 Å². The maximum atomic E-state index is 10.4. The molecular weight excluding hydrogens is 124 g/mol. The first-order valence-electron chi connectivity index (χ1n) is 2.60. The molecule has 0 aliphatic carbocycles. The molecule has 3 N–H and O–H groups in total. The van der Waals surface area contributed by atoms with Crippen molar-refractivity contribution in [2.75, 3.05) is 13.3 Å². The fourth-order valence-corrected chi connectivity index (χ4v) is 0.545. The van der Waals surface area contributed by atoms with Crippen LogP contribution >= 0.6 is 0 Å². The Labute approximate surface area is 52.0 Å². The monoisotopic (exact) mass is 132 g/mol. The number of amides is 2. The first-order valence-corrected chi connectivity index (χ1v) is 2.60. The van der Waals surface area contributed by atoms with E-state index in [2.05, 4.69) is 10.6 Å². The van der Waals surface area contributed by atoms with Gasteiger partial charge in [-0.05, 0) is 0 Å². The number of nitrogens with one attached hydrogen (secondary N) is 2. The van der Waals surface area contributed by atoms with Gasteiger partial charge in [0.2, 0.25) is 0 Å². The molecule has 1 saturated heterocycles. The molecule has 0 bridgehead atoms.